The molecule has 1 saturated carbocycles. The van der Waals surface area contributed by atoms with Gasteiger partial charge >= 0.3 is 57.7 Å². The van der Waals surface area contributed by atoms with Crippen molar-refractivity contribution in [1.82, 2.24) is 9.97 Å². The third-order valence-corrected chi connectivity index (χ3v) is 4.50. The SMILES string of the molecule is CC(=O)CNc1ncnc2cc(O[C-](F)F)ccc12.C[C@@H]1CCCC(OC(F)(F)F)C1.[K+]. The van der Waals surface area contributed by atoms with Gasteiger partial charge in [0.05, 0.1) is 23.9 Å². The molecule has 0 bridgehead atoms. The van der Waals surface area contributed by atoms with E-state index in [2.05, 4.69) is 24.8 Å². The third-order valence-electron chi connectivity index (χ3n) is 4.50. The van der Waals surface area contributed by atoms with Crippen LogP contribution in [0.15, 0.2) is 24.5 Å². The van der Waals surface area contributed by atoms with Crippen molar-refractivity contribution in [3.63, 3.8) is 0 Å². The molecule has 172 valence electrons. The van der Waals surface area contributed by atoms with E-state index in [9.17, 15) is 26.7 Å². The van der Waals surface area contributed by atoms with Crippen LogP contribution < -0.4 is 61.4 Å². The van der Waals surface area contributed by atoms with Crippen LogP contribution in [0.4, 0.5) is 27.8 Å². The van der Waals surface area contributed by atoms with Crippen molar-refractivity contribution in [3.8, 4) is 5.75 Å². The van der Waals surface area contributed by atoms with Crippen molar-refractivity contribution in [3.05, 3.63) is 31.1 Å². The normalized spacial score (nSPS) is 18.4. The molecule has 6 nitrogen and oxygen atoms in total. The molecule has 1 heterocycles. The molecular weight excluding hydrogens is 464 g/mol. The number of alkyl halides is 3. The molecule has 1 aliphatic carbocycles. The Morgan fingerprint density at radius 3 is 2.56 bits per heavy atom. The van der Waals surface area contributed by atoms with Crippen molar-refractivity contribution >= 4 is 22.5 Å². The van der Waals surface area contributed by atoms with Crippen LogP contribution in [-0.2, 0) is 9.53 Å². The fourth-order valence-electron chi connectivity index (χ4n) is 3.21. The molecular formula is C20H23F5KN3O3. The first-order valence-corrected chi connectivity index (χ1v) is 9.62. The minimum absolute atomic E-state index is 0. The maximum absolute atomic E-state index is 12.0. The van der Waals surface area contributed by atoms with E-state index in [1.165, 1.54) is 25.4 Å². The van der Waals surface area contributed by atoms with Crippen molar-refractivity contribution in [2.45, 2.75) is 52.0 Å². The summed E-state index contributed by atoms with van der Waals surface area (Å²) in [5.41, 5.74) is 0.444. The Hall–Kier alpha value is -0.924. The average molecular weight is 488 g/mol. The Morgan fingerprint density at radius 2 is 1.97 bits per heavy atom. The summed E-state index contributed by atoms with van der Waals surface area (Å²) in [7, 11) is 0. The smallest absolute Gasteiger partial charge is 0.599 e. The summed E-state index contributed by atoms with van der Waals surface area (Å²) in [5, 5.41) is 3.47. The van der Waals surface area contributed by atoms with Crippen LogP contribution in [0.25, 0.3) is 10.9 Å². The van der Waals surface area contributed by atoms with Gasteiger partial charge in [-0.1, -0.05) is 19.8 Å². The number of fused-ring (bicyclic) bond motifs is 1. The zero-order valence-corrected chi connectivity index (χ0v) is 21.1. The van der Waals surface area contributed by atoms with Gasteiger partial charge in [-0.05, 0) is 37.8 Å². The molecule has 2 atom stereocenters. The van der Waals surface area contributed by atoms with Gasteiger partial charge in [-0.2, -0.15) is 0 Å². The summed E-state index contributed by atoms with van der Waals surface area (Å²) < 4.78 is 67.4. The number of anilines is 1. The molecule has 12 heteroatoms. The zero-order chi connectivity index (χ0) is 23.0. The number of ketones is 1. The number of nitrogens with zero attached hydrogens (tertiary/aromatic N) is 2. The number of carbonyl (C=O) groups is 1. The van der Waals surface area contributed by atoms with Gasteiger partial charge in [0.1, 0.15) is 17.9 Å². The molecule has 1 aromatic heterocycles. The van der Waals surface area contributed by atoms with Crippen LogP contribution in [0.3, 0.4) is 0 Å². The first-order valence-electron chi connectivity index (χ1n) is 9.62. The molecule has 1 N–H and O–H groups in total. The number of benzene rings is 1. The van der Waals surface area contributed by atoms with Crippen LogP contribution in [0.1, 0.15) is 39.5 Å². The monoisotopic (exact) mass is 487 g/mol. The molecule has 1 unspecified atom stereocenters. The molecule has 0 amide bonds. The maximum Gasteiger partial charge on any atom is 1.00 e. The summed E-state index contributed by atoms with van der Waals surface area (Å²) in [6.45, 7) is 1.41. The van der Waals surface area contributed by atoms with Crippen LogP contribution in [0.5, 0.6) is 5.75 Å². The minimum atomic E-state index is -4.46. The van der Waals surface area contributed by atoms with Crippen LogP contribution in [0, 0.1) is 12.5 Å². The second-order valence-corrected chi connectivity index (χ2v) is 7.24. The molecule has 1 aliphatic rings. The van der Waals surface area contributed by atoms with Crippen molar-refractivity contribution < 1.29 is 87.6 Å². The van der Waals surface area contributed by atoms with Crippen LogP contribution in [0.2, 0.25) is 0 Å². The van der Waals surface area contributed by atoms with E-state index in [1.807, 2.05) is 6.92 Å². The van der Waals surface area contributed by atoms with Crippen molar-refractivity contribution in [2.24, 2.45) is 5.92 Å². The molecule has 0 saturated heterocycles. The van der Waals surface area contributed by atoms with Gasteiger partial charge in [0, 0.05) is 11.5 Å². The standard InChI is InChI=1S/C12H10F2N3O2.C8H13F3O.K/c1-7(18)5-15-11-9-3-2-8(19-12(13)14)4-10(9)16-6-17-11;1-6-3-2-4-7(5-6)12-8(9,10)11;/h2-4,6H,5H2,1H3,(H,15,16,17);6-7H,2-5H2,1H3;/q-1;;+1/t;6-,7?;/m.1./s1. The van der Waals surface area contributed by atoms with Gasteiger partial charge in [-0.25, -0.2) is 9.97 Å². The van der Waals surface area contributed by atoms with Gasteiger partial charge in [0.25, 0.3) is 0 Å². The van der Waals surface area contributed by atoms with E-state index >= 15 is 0 Å². The summed E-state index contributed by atoms with van der Waals surface area (Å²) in [4.78, 5) is 18.9. The number of nitrogens with one attached hydrogen (secondary N) is 1. The Kier molecular flexibility index (Phi) is 12.5. The number of rotatable bonds is 6. The number of ether oxygens (including phenoxy) is 2. The zero-order valence-electron chi connectivity index (χ0n) is 18.0. The van der Waals surface area contributed by atoms with Gasteiger partial charge in [0.2, 0.25) is 0 Å². The summed E-state index contributed by atoms with van der Waals surface area (Å²) in [5.74, 6) is 0.784. The average Bonchev–Trinajstić information content (AvgIpc) is 2.64. The van der Waals surface area contributed by atoms with E-state index in [4.69, 9.17) is 0 Å². The van der Waals surface area contributed by atoms with Crippen LogP contribution >= 0.6 is 0 Å². The van der Waals surface area contributed by atoms with Gasteiger partial charge in [-0.3, -0.25) is 9.53 Å². The number of Topliss-reactive ketones (excluding diaryl/α,β-unsaturated/α-hetero) is 1. The van der Waals surface area contributed by atoms with Crippen molar-refractivity contribution in [2.75, 3.05) is 11.9 Å². The molecule has 2 aromatic rings. The van der Waals surface area contributed by atoms with E-state index in [0.717, 1.165) is 12.8 Å². The number of hydrogen-bond donors (Lipinski definition) is 1. The maximum atomic E-state index is 12.0. The molecule has 32 heavy (non-hydrogen) atoms. The Morgan fingerprint density at radius 1 is 1.25 bits per heavy atom. The summed E-state index contributed by atoms with van der Waals surface area (Å²) in [6.07, 6.45) is -0.816. The molecule has 0 aliphatic heterocycles. The molecule has 0 radical (unpaired) electrons. The first kappa shape index (κ1) is 29.1. The number of carbonyl (C=O) groups excluding carboxylic acids is 1. The van der Waals surface area contributed by atoms with Gasteiger partial charge in [-0.15, -0.1) is 13.2 Å². The van der Waals surface area contributed by atoms with E-state index in [-0.39, 0.29) is 69.5 Å². The number of aromatic nitrogens is 2. The Balaban J connectivity index is 0.000000342. The fourth-order valence-corrected chi connectivity index (χ4v) is 3.21. The van der Waals surface area contributed by atoms with E-state index in [0.29, 0.717) is 35.5 Å². The third kappa shape index (κ3) is 10.8. The van der Waals surface area contributed by atoms with E-state index < -0.39 is 19.1 Å². The molecule has 0 spiro atoms. The second kappa shape index (κ2) is 13.7. The summed E-state index contributed by atoms with van der Waals surface area (Å²) in [6, 6.07) is 4.30. The number of halogens is 5. The molecule has 1 aromatic carbocycles. The quantitative estimate of drug-likeness (QED) is 0.384. The topological polar surface area (TPSA) is 73.3 Å². The molecule has 1 fully saturated rings. The van der Waals surface area contributed by atoms with Crippen LogP contribution in [-0.4, -0.2) is 34.8 Å². The minimum Gasteiger partial charge on any atom is -0.599 e. The van der Waals surface area contributed by atoms with Crippen molar-refractivity contribution in [1.29, 1.82) is 0 Å². The first-order chi connectivity index (χ1) is 14.5. The molecule has 3 rings (SSSR count). The second-order valence-electron chi connectivity index (χ2n) is 7.24. The predicted octanol–water partition coefficient (Wildman–Crippen LogP) is 2.50. The summed E-state index contributed by atoms with van der Waals surface area (Å²) >= 11 is 0. The van der Waals surface area contributed by atoms with Gasteiger partial charge in [0.15, 0.2) is 6.61 Å². The fraction of sp³-hybridized carbons (Fsp3) is 0.500. The Bertz CT molecular complexity index is 870. The number of hydrogen-bond acceptors (Lipinski definition) is 6. The predicted molar refractivity (Wildman–Crippen MR) is 103 cm³/mol. The largest absolute Gasteiger partial charge is 1.00 e. The Labute approximate surface area is 225 Å². The van der Waals surface area contributed by atoms with E-state index in [1.54, 1.807) is 6.07 Å². The van der Waals surface area contributed by atoms with Gasteiger partial charge < -0.3 is 18.8 Å².